The fourth-order valence-corrected chi connectivity index (χ4v) is 5.63. The summed E-state index contributed by atoms with van der Waals surface area (Å²) < 4.78 is 41.5. The summed E-state index contributed by atoms with van der Waals surface area (Å²) in [6.07, 6.45) is -0.0183. The summed E-state index contributed by atoms with van der Waals surface area (Å²) in [4.78, 5) is 14.4. The van der Waals surface area contributed by atoms with Crippen molar-refractivity contribution in [3.05, 3.63) is 64.5 Å². The van der Waals surface area contributed by atoms with Gasteiger partial charge in [-0.25, -0.2) is 12.8 Å². The van der Waals surface area contributed by atoms with Crippen molar-refractivity contribution in [3.63, 3.8) is 0 Å². The first-order valence-electron chi connectivity index (χ1n) is 9.29. The molecule has 0 aromatic heterocycles. The Labute approximate surface area is 165 Å². The number of hydrogen-bond donors (Lipinski definition) is 0. The van der Waals surface area contributed by atoms with Crippen LogP contribution in [0.25, 0.3) is 0 Å². The van der Waals surface area contributed by atoms with Gasteiger partial charge in [-0.1, -0.05) is 35.9 Å². The summed E-state index contributed by atoms with van der Waals surface area (Å²) in [5.41, 5.74) is 2.84. The number of amides is 1. The number of piperazine rings is 1. The highest BCUT2D eigenvalue weighted by Crippen LogP contribution is 2.26. The predicted molar refractivity (Wildman–Crippen MR) is 106 cm³/mol. The summed E-state index contributed by atoms with van der Waals surface area (Å²) in [5, 5.41) is 0. The van der Waals surface area contributed by atoms with Gasteiger partial charge in [-0.3, -0.25) is 4.79 Å². The first-order chi connectivity index (χ1) is 13.2. The molecule has 1 aliphatic rings. The molecule has 1 amide bonds. The van der Waals surface area contributed by atoms with Crippen LogP contribution in [0.1, 0.15) is 22.3 Å². The van der Waals surface area contributed by atoms with Crippen molar-refractivity contribution < 1.29 is 17.6 Å². The van der Waals surface area contributed by atoms with Crippen molar-refractivity contribution in [2.24, 2.45) is 0 Å². The molecule has 150 valence electrons. The lowest BCUT2D eigenvalue weighted by atomic mass is 10.1. The second-order valence-corrected chi connectivity index (χ2v) is 9.16. The molecule has 3 rings (SSSR count). The number of rotatable bonds is 4. The normalized spacial score (nSPS) is 15.6. The third-order valence-electron chi connectivity index (χ3n) is 5.09. The highest BCUT2D eigenvalue weighted by atomic mass is 32.2. The standard InChI is InChI=1S/C21H25FN2O3S/c1-15-12-16(2)21(17(3)13-15)28(26,27)24-10-8-23(9-11-24)20(25)14-18-6-4-5-7-19(18)22/h4-7,12-13H,8-11,14H2,1-3H3. The minimum absolute atomic E-state index is 0.0183. The Hall–Kier alpha value is -2.25. The van der Waals surface area contributed by atoms with Gasteiger partial charge in [0.2, 0.25) is 15.9 Å². The zero-order valence-corrected chi connectivity index (χ0v) is 17.2. The molecule has 0 N–H and O–H groups in total. The summed E-state index contributed by atoms with van der Waals surface area (Å²) in [7, 11) is -3.62. The lowest BCUT2D eigenvalue weighted by molar-refractivity contribution is -0.131. The van der Waals surface area contributed by atoms with Gasteiger partial charge in [-0.15, -0.1) is 0 Å². The number of benzene rings is 2. The third-order valence-corrected chi connectivity index (χ3v) is 7.30. The molecule has 0 spiro atoms. The van der Waals surface area contributed by atoms with E-state index in [0.717, 1.165) is 16.7 Å². The molecule has 0 unspecified atom stereocenters. The Kier molecular flexibility index (Phi) is 5.86. The molecule has 7 heteroatoms. The Morgan fingerprint density at radius 1 is 1.00 bits per heavy atom. The minimum atomic E-state index is -3.62. The van der Waals surface area contributed by atoms with Gasteiger partial charge in [0, 0.05) is 26.2 Å². The first-order valence-corrected chi connectivity index (χ1v) is 10.7. The average molecular weight is 405 g/mol. The van der Waals surface area contributed by atoms with Crippen molar-refractivity contribution in [2.75, 3.05) is 26.2 Å². The quantitative estimate of drug-likeness (QED) is 0.787. The topological polar surface area (TPSA) is 57.7 Å². The van der Waals surface area contributed by atoms with Crippen molar-refractivity contribution >= 4 is 15.9 Å². The maximum atomic E-state index is 13.8. The lowest BCUT2D eigenvalue weighted by Gasteiger charge is -2.34. The Morgan fingerprint density at radius 3 is 2.14 bits per heavy atom. The van der Waals surface area contributed by atoms with Gasteiger partial charge in [0.15, 0.2) is 0 Å². The highest BCUT2D eigenvalue weighted by Gasteiger charge is 2.32. The fourth-order valence-electron chi connectivity index (χ4n) is 3.80. The predicted octanol–water partition coefficient (Wildman–Crippen LogP) is 2.83. The molecule has 1 fully saturated rings. The summed E-state index contributed by atoms with van der Waals surface area (Å²) >= 11 is 0. The number of sulfonamides is 1. The van der Waals surface area contributed by atoms with E-state index >= 15 is 0 Å². The molecule has 1 saturated heterocycles. The van der Waals surface area contributed by atoms with Crippen molar-refractivity contribution in [1.82, 2.24) is 9.21 Å². The Morgan fingerprint density at radius 2 is 1.57 bits per heavy atom. The van der Waals surface area contributed by atoms with E-state index in [-0.39, 0.29) is 25.4 Å². The minimum Gasteiger partial charge on any atom is -0.340 e. The summed E-state index contributed by atoms with van der Waals surface area (Å²) in [6.45, 7) is 6.63. The van der Waals surface area contributed by atoms with Crippen LogP contribution in [0.4, 0.5) is 4.39 Å². The third kappa shape index (κ3) is 4.10. The molecule has 1 heterocycles. The van der Waals surface area contributed by atoms with Crippen LogP contribution in [0.15, 0.2) is 41.3 Å². The van der Waals surface area contributed by atoms with Crippen molar-refractivity contribution in [3.8, 4) is 0 Å². The average Bonchev–Trinajstić information content (AvgIpc) is 2.62. The molecule has 0 saturated carbocycles. The van der Waals surface area contributed by atoms with Gasteiger partial charge >= 0.3 is 0 Å². The van der Waals surface area contributed by atoms with Gasteiger partial charge in [0.1, 0.15) is 5.82 Å². The van der Waals surface area contributed by atoms with Gasteiger partial charge in [-0.05, 0) is 43.5 Å². The molecular formula is C21H25FN2O3S. The molecule has 1 aliphatic heterocycles. The highest BCUT2D eigenvalue weighted by molar-refractivity contribution is 7.89. The van der Waals surface area contributed by atoms with E-state index in [9.17, 15) is 17.6 Å². The van der Waals surface area contributed by atoms with Gasteiger partial charge in [0.25, 0.3) is 0 Å². The van der Waals surface area contributed by atoms with E-state index in [2.05, 4.69) is 0 Å². The Balaban J connectivity index is 1.70. The molecule has 0 atom stereocenters. The van der Waals surface area contributed by atoms with Crippen molar-refractivity contribution in [1.29, 1.82) is 0 Å². The van der Waals surface area contributed by atoms with E-state index in [1.54, 1.807) is 36.9 Å². The van der Waals surface area contributed by atoms with Crippen LogP contribution < -0.4 is 0 Å². The maximum absolute atomic E-state index is 13.8. The molecular weight excluding hydrogens is 379 g/mol. The second-order valence-electron chi connectivity index (χ2n) is 7.28. The van der Waals surface area contributed by atoms with E-state index in [0.29, 0.717) is 23.5 Å². The van der Waals surface area contributed by atoms with Crippen LogP contribution >= 0.6 is 0 Å². The number of halogens is 1. The second kappa shape index (κ2) is 8.01. The van der Waals surface area contributed by atoms with Crippen LogP contribution in [0, 0.1) is 26.6 Å². The summed E-state index contributed by atoms with van der Waals surface area (Å²) in [6, 6.07) is 9.95. The van der Waals surface area contributed by atoms with Crippen molar-refractivity contribution in [2.45, 2.75) is 32.1 Å². The molecule has 0 bridgehead atoms. The van der Waals surface area contributed by atoms with Gasteiger partial charge in [0.05, 0.1) is 11.3 Å². The molecule has 0 aliphatic carbocycles. The largest absolute Gasteiger partial charge is 0.340 e. The van der Waals surface area contributed by atoms with E-state index < -0.39 is 15.8 Å². The number of carbonyl (C=O) groups excluding carboxylic acids is 1. The monoisotopic (exact) mass is 404 g/mol. The van der Waals surface area contributed by atoms with E-state index in [1.807, 2.05) is 19.1 Å². The molecule has 2 aromatic carbocycles. The number of hydrogen-bond acceptors (Lipinski definition) is 3. The van der Waals surface area contributed by atoms with Crippen LogP contribution in [-0.4, -0.2) is 49.7 Å². The van der Waals surface area contributed by atoms with E-state index in [4.69, 9.17) is 0 Å². The number of aryl methyl sites for hydroxylation is 3. The summed E-state index contributed by atoms with van der Waals surface area (Å²) in [5.74, 6) is -0.591. The zero-order valence-electron chi connectivity index (χ0n) is 16.4. The number of carbonyl (C=O) groups is 1. The smallest absolute Gasteiger partial charge is 0.243 e. The zero-order chi connectivity index (χ0) is 20.5. The molecule has 5 nitrogen and oxygen atoms in total. The molecule has 2 aromatic rings. The van der Waals surface area contributed by atoms with Crippen LogP contribution in [-0.2, 0) is 21.2 Å². The fraction of sp³-hybridized carbons (Fsp3) is 0.381. The Bertz CT molecular complexity index is 973. The number of nitrogens with zero attached hydrogens (tertiary/aromatic N) is 2. The van der Waals surface area contributed by atoms with Crippen LogP contribution in [0.3, 0.4) is 0 Å². The van der Waals surface area contributed by atoms with E-state index in [1.165, 1.54) is 10.4 Å². The first kappa shape index (κ1) is 20.5. The van der Waals surface area contributed by atoms with Crippen LogP contribution in [0.2, 0.25) is 0 Å². The molecule has 0 radical (unpaired) electrons. The SMILES string of the molecule is Cc1cc(C)c(S(=O)(=O)N2CCN(C(=O)Cc3ccccc3F)CC2)c(C)c1. The maximum Gasteiger partial charge on any atom is 0.243 e. The lowest BCUT2D eigenvalue weighted by Crippen LogP contribution is -2.51. The van der Waals surface area contributed by atoms with Gasteiger partial charge < -0.3 is 4.90 Å². The van der Waals surface area contributed by atoms with Gasteiger partial charge in [-0.2, -0.15) is 4.31 Å². The van der Waals surface area contributed by atoms with Crippen LogP contribution in [0.5, 0.6) is 0 Å². The molecule has 28 heavy (non-hydrogen) atoms.